The third-order valence-electron chi connectivity index (χ3n) is 3.91. The number of hydrogen-bond donors (Lipinski definition) is 2. The summed E-state index contributed by atoms with van der Waals surface area (Å²) in [6, 6.07) is 19.0. The molecule has 0 radical (unpaired) electrons. The quantitative estimate of drug-likeness (QED) is 0.649. The van der Waals surface area contributed by atoms with Crippen LogP contribution in [-0.2, 0) is 6.18 Å². The van der Waals surface area contributed by atoms with E-state index in [0.29, 0.717) is 11.3 Å². The molecule has 0 saturated carbocycles. The van der Waals surface area contributed by atoms with Gasteiger partial charge in [-0.15, -0.1) is 0 Å². The maximum Gasteiger partial charge on any atom is 0.416 e. The van der Waals surface area contributed by atoms with Crippen LogP contribution >= 0.6 is 0 Å². The van der Waals surface area contributed by atoms with Crippen molar-refractivity contribution in [1.82, 2.24) is 0 Å². The summed E-state index contributed by atoms with van der Waals surface area (Å²) in [5.41, 5.74) is 0.742. The van der Waals surface area contributed by atoms with Crippen LogP contribution in [0.25, 0.3) is 0 Å². The van der Waals surface area contributed by atoms with Crippen molar-refractivity contribution in [2.45, 2.75) is 6.18 Å². The average Bonchev–Trinajstić information content (AvgIpc) is 2.68. The fraction of sp³-hybridized carbons (Fsp3) is 0.0476. The van der Waals surface area contributed by atoms with Crippen molar-refractivity contribution >= 4 is 23.2 Å². The Bertz CT molecular complexity index is 967. The number of alkyl halides is 3. The molecule has 0 fully saturated rings. The maximum atomic E-state index is 12.6. The van der Waals surface area contributed by atoms with E-state index >= 15 is 0 Å². The molecule has 0 bridgehead atoms. The third kappa shape index (κ3) is 4.76. The van der Waals surface area contributed by atoms with Gasteiger partial charge in [-0.05, 0) is 60.7 Å². The van der Waals surface area contributed by atoms with Gasteiger partial charge in [-0.25, -0.2) is 0 Å². The van der Waals surface area contributed by atoms with E-state index in [1.54, 1.807) is 24.3 Å². The molecule has 0 aliphatic heterocycles. The Hall–Kier alpha value is -3.61. The zero-order valence-electron chi connectivity index (χ0n) is 14.5. The topological polar surface area (TPSA) is 58.2 Å². The molecule has 3 aromatic rings. The Labute approximate surface area is 159 Å². The van der Waals surface area contributed by atoms with Gasteiger partial charge in [0.25, 0.3) is 11.8 Å². The highest BCUT2D eigenvalue weighted by molar-refractivity contribution is 6.07. The van der Waals surface area contributed by atoms with E-state index in [9.17, 15) is 22.8 Å². The van der Waals surface area contributed by atoms with E-state index in [2.05, 4.69) is 10.6 Å². The molecule has 3 rings (SSSR count). The third-order valence-corrected chi connectivity index (χ3v) is 3.91. The minimum absolute atomic E-state index is 0.240. The maximum absolute atomic E-state index is 12.6. The van der Waals surface area contributed by atoms with Crippen molar-refractivity contribution in [3.05, 3.63) is 95.6 Å². The Morgan fingerprint density at radius 1 is 0.607 bits per heavy atom. The van der Waals surface area contributed by atoms with Gasteiger partial charge in [0.15, 0.2) is 0 Å². The highest BCUT2D eigenvalue weighted by atomic mass is 19.4. The summed E-state index contributed by atoms with van der Waals surface area (Å²) in [6.45, 7) is 0. The molecule has 4 nitrogen and oxygen atoms in total. The van der Waals surface area contributed by atoms with Crippen LogP contribution in [0.1, 0.15) is 26.3 Å². The van der Waals surface area contributed by atoms with E-state index in [1.165, 1.54) is 36.4 Å². The average molecular weight is 384 g/mol. The van der Waals surface area contributed by atoms with Crippen LogP contribution in [0.4, 0.5) is 24.5 Å². The Balaban J connectivity index is 1.64. The van der Waals surface area contributed by atoms with Crippen molar-refractivity contribution in [3.63, 3.8) is 0 Å². The van der Waals surface area contributed by atoms with E-state index in [-0.39, 0.29) is 17.2 Å². The normalized spacial score (nSPS) is 11.0. The number of nitrogens with one attached hydrogen (secondary N) is 2. The monoisotopic (exact) mass is 384 g/mol. The van der Waals surface area contributed by atoms with Crippen LogP contribution in [-0.4, -0.2) is 11.8 Å². The van der Waals surface area contributed by atoms with Crippen LogP contribution < -0.4 is 10.6 Å². The van der Waals surface area contributed by atoms with Gasteiger partial charge in [-0.1, -0.05) is 18.2 Å². The first-order valence-electron chi connectivity index (χ1n) is 8.28. The van der Waals surface area contributed by atoms with Crippen LogP contribution in [0.15, 0.2) is 78.9 Å². The molecule has 0 saturated heterocycles. The van der Waals surface area contributed by atoms with Crippen LogP contribution in [0.3, 0.4) is 0 Å². The molecule has 0 spiro atoms. The molecule has 0 aromatic heterocycles. The molecule has 3 aromatic carbocycles. The standard InChI is InChI=1S/C21H15F3N2O2/c22-21(23,24)16-10-12-18(13-11-16)26-20(28)15-8-6-14(7-9-15)19(27)25-17-4-2-1-3-5-17/h1-13H,(H,25,27)(H,26,28). The summed E-state index contributed by atoms with van der Waals surface area (Å²) in [5, 5.41) is 5.25. The molecular formula is C21H15F3N2O2. The number of benzene rings is 3. The summed E-state index contributed by atoms with van der Waals surface area (Å²) >= 11 is 0. The molecule has 0 unspecified atom stereocenters. The molecule has 0 aliphatic rings. The van der Waals surface area contributed by atoms with Crippen molar-refractivity contribution in [3.8, 4) is 0 Å². The molecule has 2 N–H and O–H groups in total. The summed E-state index contributed by atoms with van der Waals surface area (Å²) in [5.74, 6) is -0.810. The summed E-state index contributed by atoms with van der Waals surface area (Å²) < 4.78 is 37.7. The predicted octanol–water partition coefficient (Wildman–Crippen LogP) is 5.21. The highest BCUT2D eigenvalue weighted by Crippen LogP contribution is 2.29. The second kappa shape index (κ2) is 7.96. The lowest BCUT2D eigenvalue weighted by Crippen LogP contribution is -2.14. The van der Waals surface area contributed by atoms with Crippen molar-refractivity contribution in [2.24, 2.45) is 0 Å². The number of hydrogen-bond acceptors (Lipinski definition) is 2. The summed E-state index contributed by atoms with van der Waals surface area (Å²) in [7, 11) is 0. The number of carbonyl (C=O) groups excluding carboxylic acids is 2. The number of carbonyl (C=O) groups is 2. The lowest BCUT2D eigenvalue weighted by Gasteiger charge is -2.09. The molecule has 0 heterocycles. The van der Waals surface area contributed by atoms with E-state index in [0.717, 1.165) is 12.1 Å². The smallest absolute Gasteiger partial charge is 0.322 e. The van der Waals surface area contributed by atoms with E-state index in [1.807, 2.05) is 6.07 Å². The number of amides is 2. The fourth-order valence-electron chi connectivity index (χ4n) is 2.44. The number of rotatable bonds is 4. The van der Waals surface area contributed by atoms with Crippen LogP contribution in [0.5, 0.6) is 0 Å². The lowest BCUT2D eigenvalue weighted by atomic mass is 10.1. The summed E-state index contributed by atoms with van der Waals surface area (Å²) in [6.07, 6.45) is -4.43. The molecule has 28 heavy (non-hydrogen) atoms. The number of para-hydroxylation sites is 1. The number of halogens is 3. The Morgan fingerprint density at radius 2 is 1.04 bits per heavy atom. The first-order chi connectivity index (χ1) is 13.3. The van der Waals surface area contributed by atoms with E-state index < -0.39 is 17.6 Å². The minimum atomic E-state index is -4.43. The lowest BCUT2D eigenvalue weighted by molar-refractivity contribution is -0.137. The van der Waals surface area contributed by atoms with Gasteiger partial charge in [0.05, 0.1) is 5.56 Å². The minimum Gasteiger partial charge on any atom is -0.322 e. The second-order valence-corrected chi connectivity index (χ2v) is 5.93. The Kier molecular flexibility index (Phi) is 5.44. The van der Waals surface area contributed by atoms with Gasteiger partial charge in [0, 0.05) is 22.5 Å². The molecule has 7 heteroatoms. The predicted molar refractivity (Wildman–Crippen MR) is 100 cm³/mol. The van der Waals surface area contributed by atoms with Crippen molar-refractivity contribution < 1.29 is 22.8 Å². The molecule has 0 aliphatic carbocycles. The Morgan fingerprint density at radius 3 is 1.46 bits per heavy atom. The zero-order chi connectivity index (χ0) is 20.1. The first-order valence-corrected chi connectivity index (χ1v) is 8.28. The van der Waals surface area contributed by atoms with Gasteiger partial charge < -0.3 is 10.6 Å². The summed E-state index contributed by atoms with van der Waals surface area (Å²) in [4.78, 5) is 24.4. The van der Waals surface area contributed by atoms with Crippen LogP contribution in [0.2, 0.25) is 0 Å². The number of anilines is 2. The van der Waals surface area contributed by atoms with Crippen molar-refractivity contribution in [1.29, 1.82) is 0 Å². The molecular weight excluding hydrogens is 369 g/mol. The van der Waals surface area contributed by atoms with Gasteiger partial charge in [-0.2, -0.15) is 13.2 Å². The largest absolute Gasteiger partial charge is 0.416 e. The van der Waals surface area contributed by atoms with E-state index in [4.69, 9.17) is 0 Å². The van der Waals surface area contributed by atoms with Gasteiger partial charge in [0.2, 0.25) is 0 Å². The van der Waals surface area contributed by atoms with Gasteiger partial charge in [-0.3, -0.25) is 9.59 Å². The fourth-order valence-corrected chi connectivity index (χ4v) is 2.44. The molecule has 0 atom stereocenters. The SMILES string of the molecule is O=C(Nc1ccccc1)c1ccc(C(=O)Nc2ccc(C(F)(F)F)cc2)cc1. The second-order valence-electron chi connectivity index (χ2n) is 5.93. The van der Waals surface area contributed by atoms with Crippen molar-refractivity contribution in [2.75, 3.05) is 10.6 Å². The highest BCUT2D eigenvalue weighted by Gasteiger charge is 2.30. The van der Waals surface area contributed by atoms with Gasteiger partial charge in [0.1, 0.15) is 0 Å². The molecule has 142 valence electrons. The first kappa shape index (κ1) is 19.2. The molecule has 2 amide bonds. The van der Waals surface area contributed by atoms with Crippen LogP contribution in [0, 0.1) is 0 Å². The van der Waals surface area contributed by atoms with Gasteiger partial charge >= 0.3 is 6.18 Å². The zero-order valence-corrected chi connectivity index (χ0v) is 14.5.